The van der Waals surface area contributed by atoms with E-state index in [1.807, 2.05) is 12.1 Å². The third-order valence-corrected chi connectivity index (χ3v) is 3.49. The van der Waals surface area contributed by atoms with Gasteiger partial charge in [0.15, 0.2) is 0 Å². The van der Waals surface area contributed by atoms with Crippen molar-refractivity contribution >= 4 is 22.1 Å². The topological polar surface area (TPSA) is 63.6 Å². The molecule has 1 aromatic carbocycles. The van der Waals surface area contributed by atoms with Gasteiger partial charge in [-0.05, 0) is 41.3 Å². The van der Waals surface area contributed by atoms with E-state index in [2.05, 4.69) is 0 Å². The summed E-state index contributed by atoms with van der Waals surface area (Å²) in [6.07, 6.45) is 2.31. The minimum Gasteiger partial charge on any atom is -0.497 e. The fourth-order valence-corrected chi connectivity index (χ4v) is 2.55. The fraction of sp³-hybridized carbons (Fsp3) is 0.231. The first-order valence-corrected chi connectivity index (χ1v) is 6.15. The molecule has 1 aliphatic carbocycles. The number of carbonyl (C=O) groups is 1. The molecule has 0 atom stereocenters. The number of carboxylic acids is 1. The summed E-state index contributed by atoms with van der Waals surface area (Å²) in [6, 6.07) is 5.46. The monoisotopic (exact) mass is 264 g/mol. The molecule has 1 aliphatic rings. The second-order valence-electron chi connectivity index (χ2n) is 3.94. The zero-order valence-corrected chi connectivity index (χ0v) is 10.6. The van der Waals surface area contributed by atoms with E-state index in [0.717, 1.165) is 16.9 Å². The number of benzene rings is 1. The van der Waals surface area contributed by atoms with Crippen LogP contribution in [0.2, 0.25) is 0 Å². The molecule has 4 nitrogen and oxygen atoms in total. The number of hydrogen-bond donors (Lipinski definition) is 1. The molecule has 0 amide bonds. The van der Waals surface area contributed by atoms with Gasteiger partial charge in [-0.25, -0.2) is 4.21 Å². The second-order valence-corrected chi connectivity index (χ2v) is 4.51. The largest absolute Gasteiger partial charge is 0.497 e. The number of hydrogen-bond acceptors (Lipinski definition) is 3. The zero-order chi connectivity index (χ0) is 13.1. The zero-order valence-electron chi connectivity index (χ0n) is 9.80. The molecule has 0 fully saturated rings. The molecule has 0 heterocycles. The molecule has 1 N–H and O–H groups in total. The van der Waals surface area contributed by atoms with Gasteiger partial charge in [0.25, 0.3) is 0 Å². The van der Waals surface area contributed by atoms with Crippen LogP contribution >= 0.6 is 0 Å². The van der Waals surface area contributed by atoms with Gasteiger partial charge in [-0.15, -0.1) is 0 Å². The molecule has 5 heteroatoms. The molecular formula is C13H12O4S. The Balaban J connectivity index is 2.44. The second kappa shape index (κ2) is 5.18. The van der Waals surface area contributed by atoms with Crippen molar-refractivity contribution in [3.8, 4) is 5.75 Å². The van der Waals surface area contributed by atoms with Crippen LogP contribution in [0.4, 0.5) is 0 Å². The van der Waals surface area contributed by atoms with E-state index in [0.29, 0.717) is 28.1 Å². The summed E-state index contributed by atoms with van der Waals surface area (Å²) >= 11 is 0.346. The van der Waals surface area contributed by atoms with Gasteiger partial charge in [-0.1, -0.05) is 6.08 Å². The lowest BCUT2D eigenvalue weighted by Crippen LogP contribution is -2.16. The summed E-state index contributed by atoms with van der Waals surface area (Å²) < 4.78 is 16.3. The van der Waals surface area contributed by atoms with Crippen LogP contribution in [0.15, 0.2) is 29.8 Å². The van der Waals surface area contributed by atoms with Gasteiger partial charge in [-0.2, -0.15) is 0 Å². The molecule has 0 aromatic heterocycles. The Kier molecular flexibility index (Phi) is 3.62. The highest BCUT2D eigenvalue weighted by Crippen LogP contribution is 2.26. The lowest BCUT2D eigenvalue weighted by Gasteiger charge is -2.17. The van der Waals surface area contributed by atoms with E-state index >= 15 is 0 Å². The molecule has 0 unspecified atom stereocenters. The summed E-state index contributed by atoms with van der Waals surface area (Å²) in [5.74, 6) is -0.191. The van der Waals surface area contributed by atoms with Gasteiger partial charge in [0.1, 0.15) is 5.75 Å². The van der Waals surface area contributed by atoms with Crippen LogP contribution < -0.4 is 4.74 Å². The first kappa shape index (κ1) is 12.6. The maximum absolute atomic E-state index is 11.2. The number of allylic oxidation sites excluding steroid dienone is 1. The number of aliphatic carboxylic acids is 1. The summed E-state index contributed by atoms with van der Waals surface area (Å²) in [5.41, 5.74) is 2.40. The standard InChI is InChI=1S/C13H12O4S/c1-17-10-4-5-11-8(6-10)2-3-9(7-12(14)15)13(11)18-16/h3-6H,2,7H2,1H3,(H,14,15). The van der Waals surface area contributed by atoms with Crippen molar-refractivity contribution in [1.29, 1.82) is 0 Å². The highest BCUT2D eigenvalue weighted by atomic mass is 32.1. The predicted molar refractivity (Wildman–Crippen MR) is 69.3 cm³/mol. The molecule has 0 spiro atoms. The van der Waals surface area contributed by atoms with Crippen molar-refractivity contribution in [2.24, 2.45) is 0 Å². The van der Waals surface area contributed by atoms with Crippen LogP contribution in [-0.2, 0) is 22.5 Å². The molecule has 0 saturated carbocycles. The maximum Gasteiger partial charge on any atom is 0.307 e. The van der Waals surface area contributed by atoms with Crippen molar-refractivity contribution in [2.75, 3.05) is 7.11 Å². The minimum atomic E-state index is -0.926. The fourth-order valence-electron chi connectivity index (χ4n) is 2.00. The van der Waals surface area contributed by atoms with Crippen molar-refractivity contribution in [3.63, 3.8) is 0 Å². The third-order valence-electron chi connectivity index (χ3n) is 2.84. The van der Waals surface area contributed by atoms with Crippen molar-refractivity contribution in [1.82, 2.24) is 0 Å². The number of carboxylic acid groups (broad SMARTS) is 1. The van der Waals surface area contributed by atoms with E-state index in [4.69, 9.17) is 9.84 Å². The van der Waals surface area contributed by atoms with E-state index in [1.165, 1.54) is 0 Å². The summed E-state index contributed by atoms with van der Waals surface area (Å²) in [4.78, 5) is 11.3. The van der Waals surface area contributed by atoms with Crippen LogP contribution in [0.3, 0.4) is 0 Å². The van der Waals surface area contributed by atoms with Crippen LogP contribution in [-0.4, -0.2) is 27.3 Å². The average molecular weight is 264 g/mol. The molecule has 18 heavy (non-hydrogen) atoms. The minimum absolute atomic E-state index is 0.115. The Bertz CT molecular complexity index is 583. The molecule has 0 bridgehead atoms. The summed E-state index contributed by atoms with van der Waals surface area (Å²) in [6.45, 7) is 0. The van der Waals surface area contributed by atoms with Crippen LogP contribution in [0.25, 0.3) is 0 Å². The average Bonchev–Trinajstić information content (AvgIpc) is 2.37. The Morgan fingerprint density at radius 2 is 2.28 bits per heavy atom. The highest BCUT2D eigenvalue weighted by Gasteiger charge is 2.20. The van der Waals surface area contributed by atoms with E-state index in [-0.39, 0.29) is 6.42 Å². The van der Waals surface area contributed by atoms with Crippen molar-refractivity contribution in [2.45, 2.75) is 12.8 Å². The van der Waals surface area contributed by atoms with Crippen LogP contribution in [0.1, 0.15) is 17.5 Å². The third kappa shape index (κ3) is 2.36. The van der Waals surface area contributed by atoms with Crippen molar-refractivity contribution < 1.29 is 18.8 Å². The Morgan fingerprint density at radius 1 is 1.50 bits per heavy atom. The van der Waals surface area contributed by atoms with Gasteiger partial charge in [-0.3, -0.25) is 4.79 Å². The molecule has 0 radical (unpaired) electrons. The van der Waals surface area contributed by atoms with Gasteiger partial charge in [0.05, 0.1) is 29.7 Å². The molecule has 94 valence electrons. The molecule has 0 aliphatic heterocycles. The van der Waals surface area contributed by atoms with Crippen LogP contribution in [0, 0.1) is 0 Å². The Labute approximate surface area is 108 Å². The predicted octanol–water partition coefficient (Wildman–Crippen LogP) is 1.39. The van der Waals surface area contributed by atoms with Gasteiger partial charge >= 0.3 is 5.97 Å². The van der Waals surface area contributed by atoms with E-state index < -0.39 is 5.97 Å². The Morgan fingerprint density at radius 3 is 2.89 bits per heavy atom. The smallest absolute Gasteiger partial charge is 0.307 e. The number of fused-ring (bicyclic) bond motifs is 1. The Hall–Kier alpha value is -1.88. The first-order chi connectivity index (χ1) is 8.65. The number of rotatable bonds is 3. The van der Waals surface area contributed by atoms with E-state index in [1.54, 1.807) is 19.3 Å². The highest BCUT2D eigenvalue weighted by molar-refractivity contribution is 7.67. The molecular weight excluding hydrogens is 252 g/mol. The molecule has 1 aromatic rings. The maximum atomic E-state index is 11.2. The van der Waals surface area contributed by atoms with Crippen molar-refractivity contribution in [3.05, 3.63) is 41.0 Å². The lowest BCUT2D eigenvalue weighted by atomic mass is 9.90. The summed E-state index contributed by atoms with van der Waals surface area (Å²) in [5, 5.41) is 8.82. The van der Waals surface area contributed by atoms with Crippen LogP contribution in [0.5, 0.6) is 5.75 Å². The first-order valence-electron chi connectivity index (χ1n) is 5.41. The molecule has 0 saturated heterocycles. The SMILES string of the molecule is COc1ccc2c(c1)CC=C(CC(=O)O)C2=S=O. The summed E-state index contributed by atoms with van der Waals surface area (Å²) in [7, 11) is 1.59. The lowest BCUT2D eigenvalue weighted by molar-refractivity contribution is -0.136. The van der Waals surface area contributed by atoms with E-state index in [9.17, 15) is 9.00 Å². The van der Waals surface area contributed by atoms with Gasteiger partial charge in [0, 0.05) is 0 Å². The van der Waals surface area contributed by atoms with Gasteiger partial charge in [0.2, 0.25) is 0 Å². The quantitative estimate of drug-likeness (QED) is 0.838. The normalized spacial score (nSPS) is 13.6. The number of methoxy groups -OCH3 is 1. The molecule has 2 rings (SSSR count). The number of ether oxygens (including phenoxy) is 1. The van der Waals surface area contributed by atoms with Gasteiger partial charge < -0.3 is 9.84 Å².